The molecule has 1 aromatic carbocycles. The van der Waals surface area contributed by atoms with Crippen molar-refractivity contribution in [2.45, 2.75) is 46.1 Å². The monoisotopic (exact) mass is 250 g/mol. The topological polar surface area (TPSA) is 24.1 Å². The van der Waals surface area contributed by atoms with Crippen molar-refractivity contribution in [1.29, 1.82) is 0 Å². The summed E-state index contributed by atoms with van der Waals surface area (Å²) in [7, 11) is 0. The highest BCUT2D eigenvalue weighted by Crippen LogP contribution is 2.10. The van der Waals surface area contributed by atoms with Crippen LogP contribution in [-0.4, -0.2) is 11.2 Å². The molecule has 0 amide bonds. The van der Waals surface area contributed by atoms with Crippen LogP contribution in [0.4, 0.5) is 5.69 Å². The van der Waals surface area contributed by atoms with Crippen LogP contribution in [0.25, 0.3) is 0 Å². The first kappa shape index (κ1) is 14.0. The molecule has 0 saturated heterocycles. The lowest BCUT2D eigenvalue weighted by molar-refractivity contribution is 0.573. The van der Waals surface area contributed by atoms with Gasteiger partial charge >= 0.3 is 0 Å². The minimum atomic E-state index is 0.463. The SMILES string of the molecule is CCc1ccc(NC(=S)NC(CC)CC)cc1. The Balaban J connectivity index is 2.49. The number of hydrogen-bond acceptors (Lipinski definition) is 1. The van der Waals surface area contributed by atoms with E-state index in [0.717, 1.165) is 24.9 Å². The van der Waals surface area contributed by atoms with Crippen molar-refractivity contribution in [2.24, 2.45) is 0 Å². The van der Waals surface area contributed by atoms with Crippen LogP contribution in [0.3, 0.4) is 0 Å². The van der Waals surface area contributed by atoms with Crippen molar-refractivity contribution >= 4 is 23.0 Å². The second-order valence-electron chi connectivity index (χ2n) is 4.16. The minimum Gasteiger partial charge on any atom is -0.360 e. The molecule has 2 nitrogen and oxygen atoms in total. The van der Waals surface area contributed by atoms with Crippen molar-refractivity contribution in [3.8, 4) is 0 Å². The summed E-state index contributed by atoms with van der Waals surface area (Å²) in [6, 6.07) is 8.86. The van der Waals surface area contributed by atoms with Gasteiger partial charge in [-0.25, -0.2) is 0 Å². The fourth-order valence-electron chi connectivity index (χ4n) is 1.67. The van der Waals surface area contributed by atoms with E-state index >= 15 is 0 Å². The van der Waals surface area contributed by atoms with Crippen LogP contribution in [0.1, 0.15) is 39.2 Å². The normalized spacial score (nSPS) is 10.4. The van der Waals surface area contributed by atoms with Gasteiger partial charge in [0.05, 0.1) is 0 Å². The lowest BCUT2D eigenvalue weighted by Crippen LogP contribution is -2.36. The number of hydrogen-bond donors (Lipinski definition) is 2. The van der Waals surface area contributed by atoms with E-state index in [-0.39, 0.29) is 0 Å². The van der Waals surface area contributed by atoms with Crippen molar-refractivity contribution in [3.05, 3.63) is 29.8 Å². The van der Waals surface area contributed by atoms with E-state index in [2.05, 4.69) is 55.7 Å². The third-order valence-corrected chi connectivity index (χ3v) is 3.16. The molecular weight excluding hydrogens is 228 g/mol. The predicted octanol–water partition coefficient (Wildman–Crippen LogP) is 3.72. The molecule has 0 saturated carbocycles. The maximum absolute atomic E-state index is 5.28. The number of rotatable bonds is 5. The zero-order valence-electron chi connectivity index (χ0n) is 10.9. The van der Waals surface area contributed by atoms with Gasteiger partial charge in [0.1, 0.15) is 0 Å². The van der Waals surface area contributed by atoms with Crippen molar-refractivity contribution in [2.75, 3.05) is 5.32 Å². The van der Waals surface area contributed by atoms with Gasteiger partial charge in [-0.2, -0.15) is 0 Å². The minimum absolute atomic E-state index is 0.463. The van der Waals surface area contributed by atoms with Crippen LogP contribution < -0.4 is 10.6 Å². The Morgan fingerprint density at radius 3 is 2.18 bits per heavy atom. The van der Waals surface area contributed by atoms with Crippen LogP contribution in [0.2, 0.25) is 0 Å². The highest BCUT2D eigenvalue weighted by atomic mass is 32.1. The standard InChI is InChI=1S/C14H22N2S/c1-4-11-7-9-13(10-8-11)16-14(17)15-12(5-2)6-3/h7-10,12H,4-6H2,1-3H3,(H2,15,16,17). The summed E-state index contributed by atoms with van der Waals surface area (Å²) in [6.45, 7) is 6.49. The van der Waals surface area contributed by atoms with E-state index in [0.29, 0.717) is 11.2 Å². The second-order valence-corrected chi connectivity index (χ2v) is 4.57. The zero-order chi connectivity index (χ0) is 12.7. The van der Waals surface area contributed by atoms with Crippen LogP contribution in [-0.2, 0) is 6.42 Å². The van der Waals surface area contributed by atoms with Gasteiger partial charge < -0.3 is 10.6 Å². The molecule has 0 bridgehead atoms. The molecule has 0 heterocycles. The highest BCUT2D eigenvalue weighted by Gasteiger charge is 2.04. The second kappa shape index (κ2) is 7.28. The summed E-state index contributed by atoms with van der Waals surface area (Å²) < 4.78 is 0. The van der Waals surface area contributed by atoms with E-state index in [4.69, 9.17) is 12.2 Å². The number of thiocarbonyl (C=S) groups is 1. The van der Waals surface area contributed by atoms with Crippen LogP contribution >= 0.6 is 12.2 Å². The van der Waals surface area contributed by atoms with Gasteiger partial charge in [-0.05, 0) is 49.2 Å². The summed E-state index contributed by atoms with van der Waals surface area (Å²) in [5.74, 6) is 0. The van der Waals surface area contributed by atoms with E-state index < -0.39 is 0 Å². The Morgan fingerprint density at radius 1 is 1.12 bits per heavy atom. The summed E-state index contributed by atoms with van der Waals surface area (Å²) >= 11 is 5.28. The molecule has 0 radical (unpaired) electrons. The maximum atomic E-state index is 5.28. The lowest BCUT2D eigenvalue weighted by Gasteiger charge is -2.17. The van der Waals surface area contributed by atoms with Gasteiger partial charge in [0.25, 0.3) is 0 Å². The van der Waals surface area contributed by atoms with Gasteiger partial charge in [-0.15, -0.1) is 0 Å². The quantitative estimate of drug-likeness (QED) is 0.779. The first-order valence-corrected chi connectivity index (χ1v) is 6.76. The van der Waals surface area contributed by atoms with Gasteiger partial charge in [0.15, 0.2) is 5.11 Å². The molecule has 1 aromatic rings. The average molecular weight is 250 g/mol. The summed E-state index contributed by atoms with van der Waals surface area (Å²) in [5.41, 5.74) is 2.39. The number of aryl methyl sites for hydroxylation is 1. The third-order valence-electron chi connectivity index (χ3n) is 2.94. The van der Waals surface area contributed by atoms with Crippen LogP contribution in [0.15, 0.2) is 24.3 Å². The Hall–Kier alpha value is -1.09. The molecule has 1 rings (SSSR count). The highest BCUT2D eigenvalue weighted by molar-refractivity contribution is 7.80. The third kappa shape index (κ3) is 4.73. The molecule has 0 unspecified atom stereocenters. The number of nitrogens with one attached hydrogen (secondary N) is 2. The number of anilines is 1. The Labute approximate surface area is 110 Å². The Kier molecular flexibility index (Phi) is 5.98. The summed E-state index contributed by atoms with van der Waals surface area (Å²) in [6.07, 6.45) is 3.25. The molecule has 0 aliphatic heterocycles. The van der Waals surface area contributed by atoms with Crippen molar-refractivity contribution < 1.29 is 0 Å². The molecule has 0 atom stereocenters. The van der Waals surface area contributed by atoms with Gasteiger partial charge in [0, 0.05) is 11.7 Å². The molecule has 3 heteroatoms. The van der Waals surface area contributed by atoms with Crippen LogP contribution in [0.5, 0.6) is 0 Å². The zero-order valence-corrected chi connectivity index (χ0v) is 11.7. The molecule has 2 N–H and O–H groups in total. The van der Waals surface area contributed by atoms with E-state index in [9.17, 15) is 0 Å². The summed E-state index contributed by atoms with van der Waals surface area (Å²) in [4.78, 5) is 0. The lowest BCUT2D eigenvalue weighted by atomic mass is 10.1. The maximum Gasteiger partial charge on any atom is 0.170 e. The molecule has 0 aliphatic rings. The largest absolute Gasteiger partial charge is 0.360 e. The molecule has 0 aliphatic carbocycles. The van der Waals surface area contributed by atoms with Gasteiger partial charge in [-0.1, -0.05) is 32.9 Å². The van der Waals surface area contributed by atoms with E-state index in [1.54, 1.807) is 0 Å². The molecule has 0 aromatic heterocycles. The van der Waals surface area contributed by atoms with Crippen LogP contribution in [0, 0.1) is 0 Å². The van der Waals surface area contributed by atoms with Crippen molar-refractivity contribution in [3.63, 3.8) is 0 Å². The Morgan fingerprint density at radius 2 is 1.71 bits per heavy atom. The fraction of sp³-hybridized carbons (Fsp3) is 0.500. The molecule has 94 valence electrons. The predicted molar refractivity (Wildman–Crippen MR) is 79.5 cm³/mol. The molecular formula is C14H22N2S. The molecule has 0 fully saturated rings. The van der Waals surface area contributed by atoms with E-state index in [1.807, 2.05) is 0 Å². The summed E-state index contributed by atoms with van der Waals surface area (Å²) in [5, 5.41) is 7.24. The average Bonchev–Trinajstić information content (AvgIpc) is 2.37. The number of benzene rings is 1. The van der Waals surface area contributed by atoms with Gasteiger partial charge in [-0.3, -0.25) is 0 Å². The molecule has 0 spiro atoms. The first-order valence-electron chi connectivity index (χ1n) is 6.36. The Bertz CT molecular complexity index is 342. The van der Waals surface area contributed by atoms with Gasteiger partial charge in [0.2, 0.25) is 0 Å². The first-order chi connectivity index (χ1) is 8.19. The fourth-order valence-corrected chi connectivity index (χ4v) is 1.95. The smallest absolute Gasteiger partial charge is 0.170 e. The van der Waals surface area contributed by atoms with E-state index in [1.165, 1.54) is 5.56 Å². The van der Waals surface area contributed by atoms with Crippen molar-refractivity contribution in [1.82, 2.24) is 5.32 Å². The molecule has 17 heavy (non-hydrogen) atoms.